The smallest absolute Gasteiger partial charge is 0.00640 e. The minimum atomic E-state index is 0. The van der Waals surface area contributed by atoms with Gasteiger partial charge in [-0.15, -0.1) is 0 Å². The van der Waals surface area contributed by atoms with Gasteiger partial charge in [-0.25, -0.2) is 0 Å². The van der Waals surface area contributed by atoms with Crippen LogP contribution in [0.15, 0.2) is 0 Å². The van der Waals surface area contributed by atoms with E-state index in [4.69, 9.17) is 0 Å². The Morgan fingerprint density at radius 1 is 1.00 bits per heavy atom. The van der Waals surface area contributed by atoms with E-state index < -0.39 is 0 Å². The van der Waals surface area contributed by atoms with Crippen LogP contribution in [0.3, 0.4) is 0 Å². The quantitative estimate of drug-likeness (QED) is 0.738. The Morgan fingerprint density at radius 3 is 1.42 bits per heavy atom. The fourth-order valence-electron chi connectivity index (χ4n) is 1.11. The number of hydrogen-bond acceptors (Lipinski definition) is 1. The van der Waals surface area contributed by atoms with E-state index in [1.54, 1.807) is 0 Å². The van der Waals surface area contributed by atoms with Crippen LogP contribution in [0.5, 0.6) is 0 Å². The van der Waals surface area contributed by atoms with Crippen LogP contribution in [0.25, 0.3) is 0 Å². The fraction of sp³-hybridized carbons (Fsp3) is 1.00. The van der Waals surface area contributed by atoms with Crippen LogP contribution in [0.4, 0.5) is 0 Å². The molecule has 1 unspecified atom stereocenters. The van der Waals surface area contributed by atoms with Crippen molar-refractivity contribution in [2.75, 3.05) is 13.1 Å². The Morgan fingerprint density at radius 2 is 1.33 bits per heavy atom. The summed E-state index contributed by atoms with van der Waals surface area (Å²) in [4.78, 5) is 2.47. The van der Waals surface area contributed by atoms with Crippen LogP contribution < -0.4 is 0 Å². The third kappa shape index (κ3) is 9.15. The Hall–Kier alpha value is 1.06. The van der Waals surface area contributed by atoms with Crippen LogP contribution >= 0.6 is 0 Å². The van der Waals surface area contributed by atoms with Gasteiger partial charge < -0.3 is 4.90 Å². The van der Waals surface area contributed by atoms with E-state index in [0.717, 1.165) is 6.04 Å². The molecule has 0 rings (SSSR count). The Labute approximate surface area is 104 Å². The van der Waals surface area contributed by atoms with Gasteiger partial charge in [-0.05, 0) is 26.4 Å². The SMILES string of the molecule is CC.CCC(C)N(CC)CC.[Y]. The third-order valence-electron chi connectivity index (χ3n) is 2.03. The molecule has 2 heteroatoms. The Bertz CT molecular complexity index is 62.9. The summed E-state index contributed by atoms with van der Waals surface area (Å²) in [6.07, 6.45) is 1.27. The molecule has 0 saturated heterocycles. The van der Waals surface area contributed by atoms with Gasteiger partial charge in [-0.1, -0.05) is 34.6 Å². The Kier molecular flexibility index (Phi) is 22.8. The van der Waals surface area contributed by atoms with Crippen LogP contribution in [0.2, 0.25) is 0 Å². The molecule has 12 heavy (non-hydrogen) atoms. The van der Waals surface area contributed by atoms with E-state index >= 15 is 0 Å². The van der Waals surface area contributed by atoms with Crippen LogP contribution in [-0.4, -0.2) is 24.0 Å². The van der Waals surface area contributed by atoms with Gasteiger partial charge in [0.15, 0.2) is 0 Å². The van der Waals surface area contributed by atoms with E-state index in [-0.39, 0.29) is 32.7 Å². The second-order valence-electron chi connectivity index (χ2n) is 2.48. The zero-order valence-electron chi connectivity index (χ0n) is 9.72. The van der Waals surface area contributed by atoms with Crippen molar-refractivity contribution in [1.29, 1.82) is 0 Å². The molecule has 1 radical (unpaired) electrons. The molecule has 0 aromatic heterocycles. The first-order chi connectivity index (χ1) is 5.26. The summed E-state index contributed by atoms with van der Waals surface area (Å²) >= 11 is 0. The van der Waals surface area contributed by atoms with Crippen molar-refractivity contribution in [2.45, 2.75) is 54.0 Å². The molecule has 0 heterocycles. The maximum Gasteiger partial charge on any atom is 0.00640 e. The van der Waals surface area contributed by atoms with Gasteiger partial charge in [0.05, 0.1) is 0 Å². The van der Waals surface area contributed by atoms with Gasteiger partial charge in [0.2, 0.25) is 0 Å². The number of hydrogen-bond donors (Lipinski definition) is 0. The molecule has 0 aromatic carbocycles. The molecule has 0 aliphatic heterocycles. The van der Waals surface area contributed by atoms with Crippen LogP contribution in [0, 0.1) is 0 Å². The average Bonchev–Trinajstić information content (AvgIpc) is 2.10. The third-order valence-corrected chi connectivity index (χ3v) is 2.03. The second kappa shape index (κ2) is 14.6. The molecular weight excluding hydrogens is 223 g/mol. The van der Waals surface area contributed by atoms with Gasteiger partial charge in [0.1, 0.15) is 0 Å². The standard InChI is InChI=1S/C8H19N.C2H6.Y/c1-5-8(4)9(6-2)7-3;1-2;/h8H,5-7H2,1-4H3;1-2H3;. The minimum Gasteiger partial charge on any atom is -0.301 e. The first-order valence-corrected chi connectivity index (χ1v) is 5.00. The monoisotopic (exact) mass is 248 g/mol. The molecule has 0 amide bonds. The van der Waals surface area contributed by atoms with E-state index in [1.165, 1.54) is 19.5 Å². The first kappa shape index (κ1) is 18.8. The van der Waals surface area contributed by atoms with Gasteiger partial charge in [-0.3, -0.25) is 0 Å². The number of nitrogens with zero attached hydrogens (tertiary/aromatic N) is 1. The molecule has 0 aliphatic rings. The maximum atomic E-state index is 2.47. The van der Waals surface area contributed by atoms with E-state index in [2.05, 4.69) is 32.6 Å². The molecule has 0 aliphatic carbocycles. The zero-order chi connectivity index (χ0) is 9.28. The summed E-state index contributed by atoms with van der Waals surface area (Å²) < 4.78 is 0. The fourth-order valence-corrected chi connectivity index (χ4v) is 1.11. The molecule has 1 nitrogen and oxygen atoms in total. The minimum absolute atomic E-state index is 0. The molecule has 0 N–H and O–H groups in total. The molecule has 1 atom stereocenters. The van der Waals surface area contributed by atoms with E-state index in [1.807, 2.05) is 13.8 Å². The molecule has 0 saturated carbocycles. The van der Waals surface area contributed by atoms with Crippen molar-refractivity contribution in [2.24, 2.45) is 0 Å². The van der Waals surface area contributed by atoms with Crippen molar-refractivity contribution in [3.63, 3.8) is 0 Å². The van der Waals surface area contributed by atoms with Gasteiger partial charge in [0, 0.05) is 38.8 Å². The summed E-state index contributed by atoms with van der Waals surface area (Å²) in [5.74, 6) is 0. The van der Waals surface area contributed by atoms with Crippen LogP contribution in [0.1, 0.15) is 48.0 Å². The summed E-state index contributed by atoms with van der Waals surface area (Å²) in [6.45, 7) is 15.3. The molecule has 0 spiro atoms. The Balaban J connectivity index is -0.000000249. The van der Waals surface area contributed by atoms with Crippen molar-refractivity contribution in [3.8, 4) is 0 Å². The normalized spacial score (nSPS) is 11.2. The van der Waals surface area contributed by atoms with Gasteiger partial charge >= 0.3 is 0 Å². The summed E-state index contributed by atoms with van der Waals surface area (Å²) in [5, 5.41) is 0. The zero-order valence-corrected chi connectivity index (χ0v) is 12.6. The number of rotatable bonds is 4. The maximum absolute atomic E-state index is 2.47. The van der Waals surface area contributed by atoms with Crippen molar-refractivity contribution < 1.29 is 32.7 Å². The second-order valence-corrected chi connectivity index (χ2v) is 2.48. The predicted octanol–water partition coefficient (Wildman–Crippen LogP) is 3.15. The van der Waals surface area contributed by atoms with Crippen LogP contribution in [-0.2, 0) is 32.7 Å². The van der Waals surface area contributed by atoms with Crippen molar-refractivity contribution in [3.05, 3.63) is 0 Å². The molecule has 0 bridgehead atoms. The molecule has 73 valence electrons. The summed E-state index contributed by atoms with van der Waals surface area (Å²) in [6, 6.07) is 0.764. The largest absolute Gasteiger partial charge is 0.301 e. The first-order valence-electron chi connectivity index (χ1n) is 5.00. The predicted molar refractivity (Wildman–Crippen MR) is 54.0 cm³/mol. The molecule has 0 aromatic rings. The summed E-state index contributed by atoms with van der Waals surface area (Å²) in [7, 11) is 0. The summed E-state index contributed by atoms with van der Waals surface area (Å²) in [5.41, 5.74) is 0. The molecule has 0 fully saturated rings. The average molecular weight is 248 g/mol. The molecular formula is C10H25NY. The van der Waals surface area contributed by atoms with E-state index in [9.17, 15) is 0 Å². The van der Waals surface area contributed by atoms with Crippen molar-refractivity contribution in [1.82, 2.24) is 4.90 Å². The van der Waals surface area contributed by atoms with Crippen molar-refractivity contribution >= 4 is 0 Å². The van der Waals surface area contributed by atoms with Gasteiger partial charge in [0.25, 0.3) is 0 Å². The topological polar surface area (TPSA) is 3.24 Å². The van der Waals surface area contributed by atoms with E-state index in [0.29, 0.717) is 0 Å². The van der Waals surface area contributed by atoms with Gasteiger partial charge in [-0.2, -0.15) is 0 Å².